The molecule has 1 aliphatic rings. The molecule has 3 aromatic carbocycles. The highest BCUT2D eigenvalue weighted by Crippen LogP contribution is 2.40. The van der Waals surface area contributed by atoms with Crippen LogP contribution in [0.15, 0.2) is 70.0 Å². The monoisotopic (exact) mass is 387 g/mol. The zero-order chi connectivity index (χ0) is 16.2. The zero-order valence-corrected chi connectivity index (χ0v) is 14.1. The van der Waals surface area contributed by atoms with E-state index in [2.05, 4.69) is 15.9 Å². The molecule has 1 amide bonds. The van der Waals surface area contributed by atoms with Crippen molar-refractivity contribution in [1.82, 2.24) is 0 Å². The van der Waals surface area contributed by atoms with Crippen LogP contribution in [0.5, 0.6) is 0 Å². The van der Waals surface area contributed by atoms with Crippen LogP contribution < -0.4 is 4.31 Å². The number of rotatable bonds is 2. The summed E-state index contributed by atoms with van der Waals surface area (Å²) in [5.74, 6) is -0.514. The smallest absolute Gasteiger partial charge is 0.268 e. The number of carbonyl (C=O) groups excluding carboxylic acids is 1. The molecule has 4 rings (SSSR count). The standard InChI is InChI=1S/C17H10BrNO3S/c18-12-7-9-13(10-8-12)23(21,22)19-15-6-2-4-11-3-1-5-14(16(11)15)17(19)20/h1-10H. The van der Waals surface area contributed by atoms with E-state index in [4.69, 9.17) is 0 Å². The minimum Gasteiger partial charge on any atom is -0.268 e. The maximum Gasteiger partial charge on any atom is 0.273 e. The molecule has 0 N–H and O–H groups in total. The quantitative estimate of drug-likeness (QED) is 0.668. The van der Waals surface area contributed by atoms with Gasteiger partial charge in [0, 0.05) is 9.86 Å². The van der Waals surface area contributed by atoms with E-state index in [1.54, 1.807) is 36.4 Å². The molecule has 0 aliphatic carbocycles. The van der Waals surface area contributed by atoms with Gasteiger partial charge in [0.25, 0.3) is 15.9 Å². The topological polar surface area (TPSA) is 54.5 Å². The second-order valence-corrected chi connectivity index (χ2v) is 7.91. The van der Waals surface area contributed by atoms with Crippen molar-refractivity contribution >= 4 is 48.3 Å². The van der Waals surface area contributed by atoms with Gasteiger partial charge in [0.2, 0.25) is 0 Å². The van der Waals surface area contributed by atoms with Gasteiger partial charge in [-0.3, -0.25) is 4.79 Å². The molecule has 6 heteroatoms. The summed E-state index contributed by atoms with van der Waals surface area (Å²) in [5, 5.41) is 1.53. The normalized spacial score (nSPS) is 13.8. The highest BCUT2D eigenvalue weighted by Gasteiger charge is 2.38. The first kappa shape index (κ1) is 14.4. The summed E-state index contributed by atoms with van der Waals surface area (Å²) in [4.78, 5) is 12.8. The van der Waals surface area contributed by atoms with Crippen molar-refractivity contribution in [1.29, 1.82) is 0 Å². The van der Waals surface area contributed by atoms with Crippen LogP contribution >= 0.6 is 15.9 Å². The Morgan fingerprint density at radius 2 is 1.52 bits per heavy atom. The average Bonchev–Trinajstić information content (AvgIpc) is 2.83. The van der Waals surface area contributed by atoms with Crippen LogP contribution in [0.3, 0.4) is 0 Å². The van der Waals surface area contributed by atoms with Gasteiger partial charge in [-0.1, -0.05) is 40.2 Å². The number of halogens is 1. The van der Waals surface area contributed by atoms with Gasteiger partial charge in [0.1, 0.15) is 0 Å². The lowest BCUT2D eigenvalue weighted by Crippen LogP contribution is -2.33. The second kappa shape index (κ2) is 4.91. The first-order chi connectivity index (χ1) is 11.0. The Kier molecular flexibility index (Phi) is 3.08. The molecule has 4 nitrogen and oxygen atoms in total. The minimum atomic E-state index is -3.96. The predicted molar refractivity (Wildman–Crippen MR) is 92.1 cm³/mol. The highest BCUT2D eigenvalue weighted by atomic mass is 79.9. The van der Waals surface area contributed by atoms with Gasteiger partial charge in [0.05, 0.1) is 16.1 Å². The zero-order valence-electron chi connectivity index (χ0n) is 11.7. The highest BCUT2D eigenvalue weighted by molar-refractivity contribution is 9.10. The van der Waals surface area contributed by atoms with E-state index in [0.717, 1.165) is 14.2 Å². The molecule has 0 atom stereocenters. The fourth-order valence-electron chi connectivity index (χ4n) is 2.84. The van der Waals surface area contributed by atoms with Crippen LogP contribution in [-0.2, 0) is 10.0 Å². The summed E-state index contributed by atoms with van der Waals surface area (Å²) in [6, 6.07) is 16.8. The van der Waals surface area contributed by atoms with E-state index >= 15 is 0 Å². The van der Waals surface area contributed by atoms with Gasteiger partial charge in [-0.05, 0) is 41.8 Å². The summed E-state index contributed by atoms with van der Waals surface area (Å²) in [5.41, 5.74) is 0.824. The van der Waals surface area contributed by atoms with Crippen molar-refractivity contribution < 1.29 is 13.2 Å². The summed E-state index contributed by atoms with van der Waals surface area (Å²) in [6.45, 7) is 0. The number of hydrogen-bond acceptors (Lipinski definition) is 3. The molecular formula is C17H10BrNO3S. The lowest BCUT2D eigenvalue weighted by atomic mass is 10.1. The van der Waals surface area contributed by atoms with Gasteiger partial charge in [-0.15, -0.1) is 0 Å². The lowest BCUT2D eigenvalue weighted by molar-refractivity contribution is 0.101. The number of sulfonamides is 1. The summed E-state index contributed by atoms with van der Waals surface area (Å²) in [7, 11) is -3.96. The van der Waals surface area contributed by atoms with Crippen LogP contribution in [0.25, 0.3) is 10.8 Å². The first-order valence-electron chi connectivity index (χ1n) is 6.87. The Morgan fingerprint density at radius 1 is 0.870 bits per heavy atom. The molecule has 0 aromatic heterocycles. The molecule has 1 heterocycles. The number of nitrogens with zero attached hydrogens (tertiary/aromatic N) is 1. The largest absolute Gasteiger partial charge is 0.273 e. The SMILES string of the molecule is O=C1c2cccc3cccc(c23)N1S(=O)(=O)c1ccc(Br)cc1. The molecule has 0 saturated heterocycles. The maximum atomic E-state index is 13.0. The molecular weight excluding hydrogens is 378 g/mol. The lowest BCUT2D eigenvalue weighted by Gasteiger charge is -2.18. The second-order valence-electron chi connectivity index (χ2n) is 5.21. The van der Waals surface area contributed by atoms with Crippen molar-refractivity contribution in [2.45, 2.75) is 4.90 Å². The predicted octanol–water partition coefficient (Wildman–Crippen LogP) is 3.95. The molecule has 0 saturated carbocycles. The Hall–Kier alpha value is -2.18. The molecule has 23 heavy (non-hydrogen) atoms. The third-order valence-corrected chi connectivity index (χ3v) is 6.11. The molecule has 114 valence electrons. The van der Waals surface area contributed by atoms with Gasteiger partial charge in [0.15, 0.2) is 0 Å². The van der Waals surface area contributed by atoms with E-state index in [1.807, 2.05) is 12.1 Å². The Bertz CT molecular complexity index is 1050. The Labute approximate surface area is 141 Å². The third kappa shape index (κ3) is 2.02. The van der Waals surface area contributed by atoms with Crippen molar-refractivity contribution in [2.75, 3.05) is 4.31 Å². The van der Waals surface area contributed by atoms with Crippen LogP contribution in [0.1, 0.15) is 10.4 Å². The first-order valence-corrected chi connectivity index (χ1v) is 9.10. The summed E-state index contributed by atoms with van der Waals surface area (Å²) < 4.78 is 27.6. The number of hydrogen-bond donors (Lipinski definition) is 0. The van der Waals surface area contributed by atoms with Gasteiger partial charge >= 0.3 is 0 Å². The molecule has 0 bridgehead atoms. The fraction of sp³-hybridized carbons (Fsp3) is 0. The number of carbonyl (C=O) groups is 1. The molecule has 0 unspecified atom stereocenters. The fourth-order valence-corrected chi connectivity index (χ4v) is 4.52. The van der Waals surface area contributed by atoms with Gasteiger partial charge in [-0.2, -0.15) is 4.31 Å². The van der Waals surface area contributed by atoms with Crippen LogP contribution in [-0.4, -0.2) is 14.3 Å². The molecule has 0 radical (unpaired) electrons. The van der Waals surface area contributed by atoms with E-state index < -0.39 is 15.9 Å². The molecule has 3 aromatic rings. The van der Waals surface area contributed by atoms with E-state index in [0.29, 0.717) is 16.6 Å². The minimum absolute atomic E-state index is 0.0823. The van der Waals surface area contributed by atoms with Crippen molar-refractivity contribution in [3.8, 4) is 0 Å². The van der Waals surface area contributed by atoms with Crippen LogP contribution in [0.2, 0.25) is 0 Å². The van der Waals surface area contributed by atoms with Gasteiger partial charge < -0.3 is 0 Å². The Balaban J connectivity index is 1.96. The number of amides is 1. The molecule has 0 fully saturated rings. The van der Waals surface area contributed by atoms with Crippen LogP contribution in [0, 0.1) is 0 Å². The van der Waals surface area contributed by atoms with Crippen molar-refractivity contribution in [3.63, 3.8) is 0 Å². The molecule has 1 aliphatic heterocycles. The van der Waals surface area contributed by atoms with E-state index in [1.165, 1.54) is 12.1 Å². The van der Waals surface area contributed by atoms with Crippen molar-refractivity contribution in [2.24, 2.45) is 0 Å². The van der Waals surface area contributed by atoms with E-state index in [-0.39, 0.29) is 4.90 Å². The van der Waals surface area contributed by atoms with Crippen molar-refractivity contribution in [3.05, 3.63) is 70.7 Å². The average molecular weight is 388 g/mol. The maximum absolute atomic E-state index is 13.0. The molecule has 0 spiro atoms. The number of benzene rings is 3. The summed E-state index contributed by atoms with van der Waals surface area (Å²) in [6.07, 6.45) is 0. The van der Waals surface area contributed by atoms with Crippen LogP contribution in [0.4, 0.5) is 5.69 Å². The summed E-state index contributed by atoms with van der Waals surface area (Å²) >= 11 is 3.28. The van der Waals surface area contributed by atoms with Gasteiger partial charge in [-0.25, -0.2) is 8.42 Å². The van der Waals surface area contributed by atoms with E-state index in [9.17, 15) is 13.2 Å². The Morgan fingerprint density at radius 3 is 2.22 bits per heavy atom. The third-order valence-electron chi connectivity index (χ3n) is 3.87. The number of anilines is 1.